The van der Waals surface area contributed by atoms with Gasteiger partial charge in [0.15, 0.2) is 0 Å². The van der Waals surface area contributed by atoms with Crippen LogP contribution in [0.4, 0.5) is 4.39 Å². The number of piperidine rings is 1. The molecule has 2 aromatic heterocycles. The van der Waals surface area contributed by atoms with Gasteiger partial charge in [-0.05, 0) is 48.9 Å². The van der Waals surface area contributed by atoms with Gasteiger partial charge in [-0.2, -0.15) is 4.31 Å². The lowest BCUT2D eigenvalue weighted by Gasteiger charge is -2.30. The molecule has 0 saturated carbocycles. The van der Waals surface area contributed by atoms with Gasteiger partial charge in [-0.3, -0.25) is 4.79 Å². The molecule has 0 spiro atoms. The molecule has 3 aromatic rings. The number of imidazole rings is 1. The summed E-state index contributed by atoms with van der Waals surface area (Å²) in [4.78, 5) is 16.7. The zero-order chi connectivity index (χ0) is 22.0. The number of rotatable bonds is 6. The second kappa shape index (κ2) is 8.89. The Morgan fingerprint density at radius 3 is 2.68 bits per heavy atom. The summed E-state index contributed by atoms with van der Waals surface area (Å²) in [5.41, 5.74) is 1.06. The first kappa shape index (κ1) is 21.7. The lowest BCUT2D eigenvalue weighted by molar-refractivity contribution is -0.126. The van der Waals surface area contributed by atoms with Crippen LogP contribution in [0.1, 0.15) is 24.2 Å². The molecule has 0 unspecified atom stereocenters. The molecule has 1 saturated heterocycles. The van der Waals surface area contributed by atoms with Crippen molar-refractivity contribution in [2.75, 3.05) is 13.1 Å². The maximum Gasteiger partial charge on any atom is 0.252 e. The molecular formula is C21H23FN4O3S2. The van der Waals surface area contributed by atoms with Crippen molar-refractivity contribution >= 4 is 27.3 Å². The predicted molar refractivity (Wildman–Crippen MR) is 116 cm³/mol. The topological polar surface area (TPSA) is 84.3 Å². The molecular weight excluding hydrogens is 439 g/mol. The molecule has 7 nitrogen and oxygen atoms in total. The third-order valence-electron chi connectivity index (χ3n) is 5.48. The Morgan fingerprint density at radius 2 is 2.06 bits per heavy atom. The van der Waals surface area contributed by atoms with Crippen molar-refractivity contribution in [3.8, 4) is 5.69 Å². The van der Waals surface area contributed by atoms with Gasteiger partial charge in [0.1, 0.15) is 15.9 Å². The van der Waals surface area contributed by atoms with Crippen LogP contribution in [-0.2, 0) is 21.4 Å². The number of halogens is 1. The highest BCUT2D eigenvalue weighted by atomic mass is 32.2. The van der Waals surface area contributed by atoms with Crippen LogP contribution in [0.3, 0.4) is 0 Å². The van der Waals surface area contributed by atoms with Crippen LogP contribution in [0, 0.1) is 18.7 Å². The Kier molecular flexibility index (Phi) is 6.22. The second-order valence-corrected chi connectivity index (χ2v) is 10.6. The highest BCUT2D eigenvalue weighted by molar-refractivity contribution is 7.91. The number of amides is 1. The number of carbonyl (C=O) groups excluding carboxylic acids is 1. The van der Waals surface area contributed by atoms with Crippen LogP contribution < -0.4 is 5.32 Å². The van der Waals surface area contributed by atoms with Crippen molar-refractivity contribution < 1.29 is 17.6 Å². The molecule has 1 N–H and O–H groups in total. The van der Waals surface area contributed by atoms with E-state index in [0.717, 1.165) is 0 Å². The van der Waals surface area contributed by atoms with E-state index in [4.69, 9.17) is 0 Å². The van der Waals surface area contributed by atoms with E-state index >= 15 is 0 Å². The number of aryl methyl sites for hydroxylation is 1. The summed E-state index contributed by atoms with van der Waals surface area (Å²) >= 11 is 1.19. The molecule has 31 heavy (non-hydrogen) atoms. The van der Waals surface area contributed by atoms with Gasteiger partial charge < -0.3 is 9.88 Å². The van der Waals surface area contributed by atoms with Gasteiger partial charge in [0.25, 0.3) is 10.0 Å². The highest BCUT2D eigenvalue weighted by Gasteiger charge is 2.32. The van der Waals surface area contributed by atoms with E-state index in [1.807, 2.05) is 0 Å². The Bertz CT molecular complexity index is 1170. The number of nitrogens with zero attached hydrogens (tertiary/aromatic N) is 3. The van der Waals surface area contributed by atoms with Crippen LogP contribution in [0.2, 0.25) is 0 Å². The zero-order valence-corrected chi connectivity index (χ0v) is 18.6. The van der Waals surface area contributed by atoms with Crippen molar-refractivity contribution in [2.24, 2.45) is 5.92 Å². The van der Waals surface area contributed by atoms with E-state index in [1.165, 1.54) is 21.7 Å². The number of thiophene rings is 1. The van der Waals surface area contributed by atoms with Crippen molar-refractivity contribution in [1.29, 1.82) is 0 Å². The van der Waals surface area contributed by atoms with Crippen molar-refractivity contribution in [1.82, 2.24) is 19.2 Å². The number of hydrogen-bond acceptors (Lipinski definition) is 5. The second-order valence-electron chi connectivity index (χ2n) is 7.46. The fraction of sp³-hybridized carbons (Fsp3) is 0.333. The zero-order valence-electron chi connectivity index (χ0n) is 17.0. The molecule has 0 radical (unpaired) electrons. The number of aromatic nitrogens is 2. The number of hydrogen-bond donors (Lipinski definition) is 1. The van der Waals surface area contributed by atoms with E-state index in [0.29, 0.717) is 47.2 Å². The molecule has 10 heteroatoms. The third kappa shape index (κ3) is 4.56. The molecule has 1 aromatic carbocycles. The minimum atomic E-state index is -3.48. The van der Waals surface area contributed by atoms with Crippen LogP contribution >= 0.6 is 11.3 Å². The lowest BCUT2D eigenvalue weighted by Crippen LogP contribution is -2.42. The summed E-state index contributed by atoms with van der Waals surface area (Å²) < 4.78 is 43.1. The van der Waals surface area contributed by atoms with Crippen molar-refractivity contribution in [3.63, 3.8) is 0 Å². The van der Waals surface area contributed by atoms with Gasteiger partial charge in [0, 0.05) is 37.9 Å². The fourth-order valence-electron chi connectivity index (χ4n) is 3.72. The smallest absolute Gasteiger partial charge is 0.252 e. The van der Waals surface area contributed by atoms with E-state index in [1.54, 1.807) is 53.5 Å². The van der Waals surface area contributed by atoms with Gasteiger partial charge in [0.2, 0.25) is 5.91 Å². The predicted octanol–water partition coefficient (Wildman–Crippen LogP) is 3.10. The number of carbonyl (C=O) groups is 1. The lowest BCUT2D eigenvalue weighted by atomic mass is 9.97. The summed E-state index contributed by atoms with van der Waals surface area (Å²) in [6.07, 6.45) is 4.23. The largest absolute Gasteiger partial charge is 0.352 e. The summed E-state index contributed by atoms with van der Waals surface area (Å²) in [6, 6.07) is 8.15. The number of sulfonamides is 1. The fourth-order valence-corrected chi connectivity index (χ4v) is 6.33. The number of benzene rings is 1. The first-order valence-electron chi connectivity index (χ1n) is 9.96. The van der Waals surface area contributed by atoms with E-state index < -0.39 is 10.0 Å². The van der Waals surface area contributed by atoms with Crippen molar-refractivity contribution in [2.45, 2.75) is 30.5 Å². The van der Waals surface area contributed by atoms with Gasteiger partial charge in [-0.25, -0.2) is 17.8 Å². The first-order chi connectivity index (χ1) is 14.9. The minimum Gasteiger partial charge on any atom is -0.352 e. The normalized spacial score (nSPS) is 15.8. The van der Waals surface area contributed by atoms with Crippen LogP contribution in [-0.4, -0.2) is 41.3 Å². The Hall–Kier alpha value is -2.56. The van der Waals surface area contributed by atoms with Crippen molar-refractivity contribution in [3.05, 3.63) is 65.3 Å². The summed E-state index contributed by atoms with van der Waals surface area (Å²) in [5, 5.41) is 4.59. The molecule has 1 aliphatic rings. The molecule has 0 aliphatic carbocycles. The molecule has 1 aliphatic heterocycles. The van der Waals surface area contributed by atoms with Crippen LogP contribution in [0.25, 0.3) is 5.69 Å². The molecule has 0 atom stereocenters. The molecule has 3 heterocycles. The molecule has 0 bridgehead atoms. The summed E-state index contributed by atoms with van der Waals surface area (Å²) in [6.45, 7) is 2.63. The first-order valence-corrected chi connectivity index (χ1v) is 12.3. The number of nitrogens with one attached hydrogen (secondary N) is 1. The quantitative estimate of drug-likeness (QED) is 0.610. The van der Waals surface area contributed by atoms with E-state index in [-0.39, 0.29) is 24.2 Å². The maximum absolute atomic E-state index is 14.5. The minimum absolute atomic E-state index is 0.136. The Labute approximate surface area is 184 Å². The van der Waals surface area contributed by atoms with Gasteiger partial charge in [0.05, 0.1) is 5.69 Å². The van der Waals surface area contributed by atoms with E-state index in [2.05, 4.69) is 10.3 Å². The SMILES string of the molecule is Cc1nccn1-c1ccc(CNC(=O)C2CCN(S(=O)(=O)c3cccs3)CC2)cc1F. The average Bonchev–Trinajstić information content (AvgIpc) is 3.45. The van der Waals surface area contributed by atoms with Gasteiger partial charge in [-0.1, -0.05) is 12.1 Å². The molecule has 1 amide bonds. The maximum atomic E-state index is 14.5. The average molecular weight is 463 g/mol. The van der Waals surface area contributed by atoms with Crippen LogP contribution in [0.5, 0.6) is 0 Å². The molecule has 4 rings (SSSR count). The summed E-state index contributed by atoms with van der Waals surface area (Å²) in [5.74, 6) is -0.0945. The standard InChI is InChI=1S/C21H23FN4O3S2/c1-15-23-8-11-26(15)19-5-4-16(13-18(19)22)14-24-21(27)17-6-9-25(10-7-17)31(28,29)20-3-2-12-30-20/h2-5,8,11-13,17H,6-7,9-10,14H2,1H3,(H,24,27). The summed E-state index contributed by atoms with van der Waals surface area (Å²) in [7, 11) is -3.48. The van der Waals surface area contributed by atoms with E-state index in [9.17, 15) is 17.6 Å². The Morgan fingerprint density at radius 1 is 1.29 bits per heavy atom. The van der Waals surface area contributed by atoms with Gasteiger partial charge in [-0.15, -0.1) is 11.3 Å². The molecule has 164 valence electrons. The Balaban J connectivity index is 1.32. The molecule has 1 fully saturated rings. The van der Waals surface area contributed by atoms with Crippen LogP contribution in [0.15, 0.2) is 52.3 Å². The highest BCUT2D eigenvalue weighted by Crippen LogP contribution is 2.26. The third-order valence-corrected chi connectivity index (χ3v) is 8.75. The van der Waals surface area contributed by atoms with Gasteiger partial charge >= 0.3 is 0 Å². The monoisotopic (exact) mass is 462 g/mol.